The van der Waals surface area contributed by atoms with Gasteiger partial charge in [-0.05, 0) is 38.3 Å². The second kappa shape index (κ2) is 12.2. The number of aromatic nitrogens is 2. The van der Waals surface area contributed by atoms with Gasteiger partial charge in [-0.3, -0.25) is 4.99 Å². The fourth-order valence-electron chi connectivity index (χ4n) is 2.57. The summed E-state index contributed by atoms with van der Waals surface area (Å²) in [7, 11) is 0. The van der Waals surface area contributed by atoms with Crippen molar-refractivity contribution in [3.63, 3.8) is 0 Å². The van der Waals surface area contributed by atoms with Gasteiger partial charge in [0.05, 0.1) is 11.4 Å². The molecule has 0 saturated heterocycles. The Hall–Kier alpha value is -2.28. The van der Waals surface area contributed by atoms with Gasteiger partial charge in [0.2, 0.25) is 0 Å². The predicted molar refractivity (Wildman–Crippen MR) is 121 cm³/mol. The van der Waals surface area contributed by atoms with Crippen LogP contribution in [0.25, 0.3) is 5.69 Å². The Morgan fingerprint density at radius 1 is 1.26 bits per heavy atom. The van der Waals surface area contributed by atoms with Crippen LogP contribution in [0.4, 0.5) is 5.82 Å². The van der Waals surface area contributed by atoms with Gasteiger partial charge in [0.25, 0.3) is 0 Å². The van der Waals surface area contributed by atoms with Crippen molar-refractivity contribution < 1.29 is 0 Å². The highest BCUT2D eigenvalue weighted by Gasteiger charge is 2.16. The maximum absolute atomic E-state index is 9.44. The molecule has 0 fully saturated rings. The molecule has 0 atom stereocenters. The third-order valence-electron chi connectivity index (χ3n) is 3.83. The highest BCUT2D eigenvalue weighted by atomic mass is 127. The number of nitrogen functional groups attached to an aromatic ring is 1. The molecule has 146 valence electrons. The number of rotatable bonds is 8. The number of nitrogens with two attached hydrogens (primary N) is 1. The Kier molecular flexibility index (Phi) is 10.3. The van der Waals surface area contributed by atoms with E-state index in [1.807, 2.05) is 37.3 Å². The zero-order chi connectivity index (χ0) is 18.8. The first-order valence-corrected chi connectivity index (χ1v) is 9.06. The first-order valence-electron chi connectivity index (χ1n) is 9.06. The van der Waals surface area contributed by atoms with Crippen LogP contribution in [0.1, 0.15) is 37.9 Å². The van der Waals surface area contributed by atoms with Crippen LogP contribution in [0, 0.1) is 11.3 Å². The van der Waals surface area contributed by atoms with Crippen molar-refractivity contribution in [3.05, 3.63) is 41.6 Å². The van der Waals surface area contributed by atoms with Crippen LogP contribution in [-0.4, -0.2) is 35.4 Å². The molecule has 8 heteroatoms. The summed E-state index contributed by atoms with van der Waals surface area (Å²) < 4.78 is 1.63. The Morgan fingerprint density at radius 3 is 2.63 bits per heavy atom. The minimum atomic E-state index is 0. The molecule has 0 aliphatic rings. The molecule has 0 spiro atoms. The quantitative estimate of drug-likeness (QED) is 0.233. The average molecular weight is 481 g/mol. The van der Waals surface area contributed by atoms with Crippen molar-refractivity contribution in [1.82, 2.24) is 20.4 Å². The number of halogens is 1. The van der Waals surface area contributed by atoms with Crippen LogP contribution < -0.4 is 16.4 Å². The number of nitriles is 1. The molecule has 7 nitrogen and oxygen atoms in total. The third kappa shape index (κ3) is 6.43. The van der Waals surface area contributed by atoms with Crippen LogP contribution in [0.15, 0.2) is 35.3 Å². The molecule has 4 N–H and O–H groups in total. The number of hydrogen-bond donors (Lipinski definition) is 3. The summed E-state index contributed by atoms with van der Waals surface area (Å²) >= 11 is 0. The van der Waals surface area contributed by atoms with Crippen LogP contribution >= 0.6 is 24.0 Å². The lowest BCUT2D eigenvalue weighted by Crippen LogP contribution is -2.38. The molecule has 0 saturated carbocycles. The largest absolute Gasteiger partial charge is 0.382 e. The number of benzene rings is 1. The van der Waals surface area contributed by atoms with Gasteiger partial charge in [0.1, 0.15) is 17.5 Å². The Bertz CT molecular complexity index is 762. The maximum Gasteiger partial charge on any atom is 0.191 e. The van der Waals surface area contributed by atoms with Gasteiger partial charge in [-0.15, -0.1) is 24.0 Å². The normalized spacial score (nSPS) is 10.8. The van der Waals surface area contributed by atoms with Gasteiger partial charge in [0.15, 0.2) is 5.96 Å². The number of aliphatic imine (C=N–C) groups is 1. The molecule has 0 radical (unpaired) electrons. The minimum absolute atomic E-state index is 0. The van der Waals surface area contributed by atoms with E-state index in [4.69, 9.17) is 5.73 Å². The Morgan fingerprint density at radius 2 is 2.00 bits per heavy atom. The fourth-order valence-corrected chi connectivity index (χ4v) is 2.57. The van der Waals surface area contributed by atoms with Crippen molar-refractivity contribution in [1.29, 1.82) is 5.26 Å². The molecule has 0 bridgehead atoms. The summed E-state index contributed by atoms with van der Waals surface area (Å²) in [5.41, 5.74) is 8.17. The highest BCUT2D eigenvalue weighted by Crippen LogP contribution is 2.21. The Labute approximate surface area is 178 Å². The topological polar surface area (TPSA) is 104 Å². The molecule has 0 unspecified atom stereocenters. The summed E-state index contributed by atoms with van der Waals surface area (Å²) in [4.78, 5) is 4.47. The summed E-state index contributed by atoms with van der Waals surface area (Å²) in [5, 5.41) is 20.5. The fraction of sp³-hybridized carbons (Fsp3) is 0.421. The number of para-hydroxylation sites is 1. The molecule has 2 rings (SSSR count). The lowest BCUT2D eigenvalue weighted by atomic mass is 10.1. The zero-order valence-corrected chi connectivity index (χ0v) is 18.2. The SMILES string of the molecule is CCCN=C(NCC)NCCCc1nn(-c2ccccc2)c(N)c1C#N.I. The van der Waals surface area contributed by atoms with Crippen molar-refractivity contribution in [2.24, 2.45) is 4.99 Å². The molecule has 0 amide bonds. The van der Waals surface area contributed by atoms with E-state index >= 15 is 0 Å². The van der Waals surface area contributed by atoms with Gasteiger partial charge in [0, 0.05) is 19.6 Å². The molecule has 1 aromatic carbocycles. The summed E-state index contributed by atoms with van der Waals surface area (Å²) in [5.74, 6) is 1.21. The second-order valence-electron chi connectivity index (χ2n) is 5.86. The maximum atomic E-state index is 9.44. The van der Waals surface area contributed by atoms with E-state index in [2.05, 4.69) is 33.7 Å². The third-order valence-corrected chi connectivity index (χ3v) is 3.83. The molecule has 1 heterocycles. The first kappa shape index (κ1) is 22.8. The van der Waals surface area contributed by atoms with Gasteiger partial charge >= 0.3 is 0 Å². The molecular formula is C19H28IN7. The average Bonchev–Trinajstić information content (AvgIpc) is 2.99. The van der Waals surface area contributed by atoms with E-state index in [1.165, 1.54) is 0 Å². The molecule has 0 aliphatic carbocycles. The van der Waals surface area contributed by atoms with Gasteiger partial charge in [-0.1, -0.05) is 25.1 Å². The number of guanidine groups is 1. The number of nitrogens with zero attached hydrogens (tertiary/aromatic N) is 4. The van der Waals surface area contributed by atoms with Gasteiger partial charge in [-0.25, -0.2) is 4.68 Å². The summed E-state index contributed by atoms with van der Waals surface area (Å²) in [6.45, 7) is 6.52. The number of anilines is 1. The lowest BCUT2D eigenvalue weighted by Gasteiger charge is -2.10. The lowest BCUT2D eigenvalue weighted by molar-refractivity contribution is 0.722. The van der Waals surface area contributed by atoms with E-state index in [0.29, 0.717) is 17.8 Å². The number of aryl methyl sites for hydroxylation is 1. The monoisotopic (exact) mass is 481 g/mol. The van der Waals surface area contributed by atoms with Crippen LogP contribution in [0.2, 0.25) is 0 Å². The number of nitrogens with one attached hydrogen (secondary N) is 2. The van der Waals surface area contributed by atoms with E-state index in [9.17, 15) is 5.26 Å². The predicted octanol–water partition coefficient (Wildman–Crippen LogP) is 2.84. The first-order chi connectivity index (χ1) is 12.7. The molecular weight excluding hydrogens is 453 g/mol. The van der Waals surface area contributed by atoms with Gasteiger partial charge < -0.3 is 16.4 Å². The molecule has 2 aromatic rings. The Balaban J connectivity index is 0.00000364. The van der Waals surface area contributed by atoms with E-state index in [0.717, 1.165) is 49.8 Å². The van der Waals surface area contributed by atoms with E-state index in [-0.39, 0.29) is 24.0 Å². The number of hydrogen-bond acceptors (Lipinski definition) is 4. The van der Waals surface area contributed by atoms with Crippen LogP contribution in [0.5, 0.6) is 0 Å². The molecule has 27 heavy (non-hydrogen) atoms. The van der Waals surface area contributed by atoms with Crippen molar-refractivity contribution in [3.8, 4) is 11.8 Å². The van der Waals surface area contributed by atoms with Crippen LogP contribution in [-0.2, 0) is 6.42 Å². The van der Waals surface area contributed by atoms with E-state index in [1.54, 1.807) is 4.68 Å². The van der Waals surface area contributed by atoms with E-state index < -0.39 is 0 Å². The summed E-state index contributed by atoms with van der Waals surface area (Å²) in [6.07, 6.45) is 2.52. The standard InChI is InChI=1S/C19H27N7.HI/c1-3-12-23-19(22-4-2)24-13-8-11-17-16(14-20)18(21)26(25-17)15-9-6-5-7-10-15;/h5-7,9-10H,3-4,8,11-13,21H2,1-2H3,(H2,22,23,24);1H. The zero-order valence-electron chi connectivity index (χ0n) is 15.9. The van der Waals surface area contributed by atoms with Crippen molar-refractivity contribution >= 4 is 35.8 Å². The van der Waals surface area contributed by atoms with Gasteiger partial charge in [-0.2, -0.15) is 10.4 Å². The minimum Gasteiger partial charge on any atom is -0.382 e. The van der Waals surface area contributed by atoms with Crippen molar-refractivity contribution in [2.45, 2.75) is 33.1 Å². The van der Waals surface area contributed by atoms with Crippen molar-refractivity contribution in [2.75, 3.05) is 25.4 Å². The molecule has 1 aromatic heterocycles. The second-order valence-corrected chi connectivity index (χ2v) is 5.86. The highest BCUT2D eigenvalue weighted by molar-refractivity contribution is 14.0. The summed E-state index contributed by atoms with van der Waals surface area (Å²) in [6, 6.07) is 11.8. The van der Waals surface area contributed by atoms with Crippen LogP contribution in [0.3, 0.4) is 0 Å². The smallest absolute Gasteiger partial charge is 0.191 e. The molecule has 0 aliphatic heterocycles.